The normalized spacial score (nSPS) is 30.4. The highest BCUT2D eigenvalue weighted by Gasteiger charge is 2.81. The van der Waals surface area contributed by atoms with Gasteiger partial charge in [0.05, 0.1) is 32.0 Å². The minimum absolute atomic E-state index is 0.137. The highest BCUT2D eigenvalue weighted by atomic mass is 33.1. The van der Waals surface area contributed by atoms with Gasteiger partial charge < -0.3 is 9.80 Å². The van der Waals surface area contributed by atoms with Crippen LogP contribution in [0.15, 0.2) is 180 Å². The third-order valence-corrected chi connectivity index (χ3v) is 26.1. The Morgan fingerprint density at radius 2 is 0.883 bits per heavy atom. The van der Waals surface area contributed by atoms with E-state index in [1.165, 1.54) is 51.8 Å². The standard InChI is InChI=1S/C29H23N3O4S3.C29H23N3O4S2/c1-30-25-24(33)31-26-28(17-29(31,27(30)34)38-37-25,21-16-15-18-9-5-6-12-20(18)21)22-13-7-8-14-23(22)32(26)39(35,36)19-10-3-2-4-11-19;1-30-25-24(33)31-26-28(17-29(31,37-25)27(30)34,21-16-15-18-9-5-6-12-20(18)21)22-13-7-8-14-23(22)32(26)38(35,36)19-10-3-2-4-11-19/h2-14,16,25-26H,15,17H2,1H3;2-14,16,25-26H,15,17H2,1H3/t2*25-,26-,28-,29-/m00/s1. The number of thioether (sulfide) groups is 1. The van der Waals surface area contributed by atoms with E-state index in [-0.39, 0.29) is 33.4 Å². The van der Waals surface area contributed by atoms with Gasteiger partial charge in [-0.05, 0) is 93.8 Å². The van der Waals surface area contributed by atoms with Gasteiger partial charge in [0.25, 0.3) is 43.7 Å². The van der Waals surface area contributed by atoms with E-state index in [2.05, 4.69) is 36.4 Å². The van der Waals surface area contributed by atoms with Crippen molar-refractivity contribution in [2.24, 2.45) is 0 Å². The van der Waals surface area contributed by atoms with Crippen LogP contribution in [0.2, 0.25) is 0 Å². The molecule has 0 aromatic heterocycles. The Balaban J connectivity index is 0.000000134. The highest BCUT2D eigenvalue weighted by Crippen LogP contribution is 2.73. The molecule has 19 heteroatoms. The molecule has 0 N–H and O–H groups in total. The minimum Gasteiger partial charge on any atom is -0.322 e. The van der Waals surface area contributed by atoms with Crippen molar-refractivity contribution >= 4 is 99.5 Å². The highest BCUT2D eigenvalue weighted by molar-refractivity contribution is 8.78. The predicted octanol–water partition coefficient (Wildman–Crippen LogP) is 7.79. The number of allylic oxidation sites excluding steroid dienone is 2. The van der Waals surface area contributed by atoms with Crippen LogP contribution in [0, 0.1) is 0 Å². The number of rotatable bonds is 6. The van der Waals surface area contributed by atoms with Crippen molar-refractivity contribution < 1.29 is 36.0 Å². The topological polar surface area (TPSA) is 156 Å². The number of para-hydroxylation sites is 2. The Kier molecular flexibility index (Phi) is 9.82. The van der Waals surface area contributed by atoms with Gasteiger partial charge in [-0.1, -0.05) is 167 Å². The number of benzene rings is 6. The lowest BCUT2D eigenvalue weighted by atomic mass is 9.70. The number of carbonyl (C=O) groups is 4. The van der Waals surface area contributed by atoms with E-state index in [1.54, 1.807) is 84.6 Å². The van der Waals surface area contributed by atoms with Crippen molar-refractivity contribution in [2.75, 3.05) is 22.7 Å². The average molecular weight is 1120 g/mol. The number of hydrogen-bond donors (Lipinski definition) is 0. The number of hydrogen-bond acceptors (Lipinski definition) is 11. The molecule has 0 saturated carbocycles. The lowest BCUT2D eigenvalue weighted by molar-refractivity contribution is -0.158. The maximum Gasteiger partial charge on any atom is 0.266 e. The van der Waals surface area contributed by atoms with Crippen LogP contribution in [0.4, 0.5) is 11.4 Å². The Morgan fingerprint density at radius 3 is 1.40 bits per heavy atom. The Hall–Kier alpha value is -6.77. The van der Waals surface area contributed by atoms with E-state index in [1.807, 2.05) is 72.8 Å². The Bertz CT molecular complexity index is 3980. The summed E-state index contributed by atoms with van der Waals surface area (Å²) in [6.45, 7) is 0. The molecule has 7 saturated heterocycles. The third kappa shape index (κ3) is 5.70. The van der Waals surface area contributed by atoms with Gasteiger partial charge in [-0.15, -0.1) is 0 Å². The van der Waals surface area contributed by atoms with Crippen molar-refractivity contribution in [2.45, 2.75) is 79.1 Å². The molecule has 9 aliphatic heterocycles. The molecule has 14 nitrogen and oxygen atoms in total. The van der Waals surface area contributed by atoms with E-state index in [0.717, 1.165) is 50.9 Å². The first-order chi connectivity index (χ1) is 37.1. The van der Waals surface area contributed by atoms with Crippen molar-refractivity contribution in [1.29, 1.82) is 0 Å². The van der Waals surface area contributed by atoms with Crippen LogP contribution in [0.3, 0.4) is 0 Å². The summed E-state index contributed by atoms with van der Waals surface area (Å²) in [6.07, 6.45) is 4.57. The average Bonchev–Trinajstić information content (AvgIpc) is 2.51. The fraction of sp³-hybridized carbons (Fsp3) is 0.241. The first-order valence-corrected chi connectivity index (χ1v) is 31.3. The number of piperazine rings is 2. The van der Waals surface area contributed by atoms with E-state index < -0.39 is 63.7 Å². The van der Waals surface area contributed by atoms with Crippen LogP contribution in [0.25, 0.3) is 11.1 Å². The van der Waals surface area contributed by atoms with E-state index in [9.17, 15) is 36.0 Å². The summed E-state index contributed by atoms with van der Waals surface area (Å²) < 4.78 is 60.8. The second-order valence-electron chi connectivity index (χ2n) is 21.1. The second kappa shape index (κ2) is 15.9. The molecule has 4 bridgehead atoms. The van der Waals surface area contributed by atoms with Crippen LogP contribution in [-0.2, 0) is 62.9 Å². The van der Waals surface area contributed by atoms with Crippen LogP contribution >= 0.6 is 33.3 Å². The molecule has 2 spiro atoms. The number of sulfonamides is 2. The number of anilines is 2. The number of likely N-dealkylation sites (N-methyl/N-ethyl adjacent to an activating group) is 2. The molecule has 9 heterocycles. The summed E-state index contributed by atoms with van der Waals surface area (Å²) in [6, 6.07) is 48.1. The number of amides is 4. The number of nitrogens with zero attached hydrogens (tertiary/aromatic N) is 6. The molecule has 6 aromatic carbocycles. The van der Waals surface area contributed by atoms with Gasteiger partial charge in [-0.2, -0.15) is 0 Å². The zero-order chi connectivity index (χ0) is 52.8. The minimum atomic E-state index is -4.11. The van der Waals surface area contributed by atoms with Crippen LogP contribution < -0.4 is 8.61 Å². The van der Waals surface area contributed by atoms with Gasteiger partial charge in [0.15, 0.2) is 20.5 Å². The molecule has 11 aliphatic rings. The zero-order valence-corrected chi connectivity index (χ0v) is 45.4. The van der Waals surface area contributed by atoms with Gasteiger partial charge in [0, 0.05) is 26.9 Å². The molecule has 8 atom stereocenters. The molecule has 386 valence electrons. The lowest BCUT2D eigenvalue weighted by Gasteiger charge is -2.53. The fourth-order valence-corrected chi connectivity index (χ4v) is 23.1. The SMILES string of the molecule is CN1C(=O)[C@@]23C[C@]4(C5=CCc6ccccc65)c5ccccc5N(S(=O)(=O)c5ccccc5)[C@@H]4N2C(=O)[C@@H]1S3.CN1C(=O)[C@@]23C[C@]4(C5=CCc6ccccc65)c5ccccc5N(S(=O)(=O)c5ccccc5)[C@@H]4N2C(=O)[C@@H]1SS3. The first-order valence-electron chi connectivity index (χ1n) is 25.3. The fourth-order valence-electron chi connectivity index (χ4n) is 14.6. The van der Waals surface area contributed by atoms with Gasteiger partial charge in [-0.3, -0.25) is 29.0 Å². The van der Waals surface area contributed by atoms with Crippen LogP contribution in [-0.4, -0.2) is 107 Å². The molecule has 4 amide bonds. The quantitative estimate of drug-likeness (QED) is 0.150. The van der Waals surface area contributed by atoms with Crippen molar-refractivity contribution in [3.05, 3.63) is 203 Å². The van der Waals surface area contributed by atoms with Crippen LogP contribution in [0.1, 0.15) is 46.2 Å². The van der Waals surface area contributed by atoms with Crippen molar-refractivity contribution in [1.82, 2.24) is 19.6 Å². The maximum atomic E-state index is 14.5. The second-order valence-corrected chi connectivity index (χ2v) is 28.6. The maximum absolute atomic E-state index is 14.5. The molecule has 0 radical (unpaired) electrons. The largest absolute Gasteiger partial charge is 0.322 e. The van der Waals surface area contributed by atoms with E-state index in [0.29, 0.717) is 30.6 Å². The van der Waals surface area contributed by atoms with Gasteiger partial charge in [0.1, 0.15) is 12.3 Å². The summed E-state index contributed by atoms with van der Waals surface area (Å²) in [5.41, 5.74) is 7.35. The summed E-state index contributed by atoms with van der Waals surface area (Å²) in [4.78, 5) is 60.2. The van der Waals surface area contributed by atoms with Crippen molar-refractivity contribution in [3.63, 3.8) is 0 Å². The van der Waals surface area contributed by atoms with Gasteiger partial charge >= 0.3 is 0 Å². The van der Waals surface area contributed by atoms with Crippen LogP contribution in [0.5, 0.6) is 0 Å². The molecular formula is C58H46N6O8S5. The molecule has 17 rings (SSSR count). The lowest BCUT2D eigenvalue weighted by Crippen LogP contribution is -2.72. The number of fused-ring (bicyclic) bond motifs is 12. The van der Waals surface area contributed by atoms with Gasteiger partial charge in [-0.25, -0.2) is 25.4 Å². The molecule has 6 aromatic rings. The molecular weight excluding hydrogens is 1070 g/mol. The Morgan fingerprint density at radius 1 is 0.481 bits per heavy atom. The molecule has 2 aliphatic carbocycles. The van der Waals surface area contributed by atoms with Crippen molar-refractivity contribution in [3.8, 4) is 0 Å². The summed E-state index contributed by atoms with van der Waals surface area (Å²) in [5, 5.41) is -1.34. The zero-order valence-electron chi connectivity index (χ0n) is 41.3. The summed E-state index contributed by atoms with van der Waals surface area (Å²) >= 11 is 1.36. The Labute approximate surface area is 457 Å². The molecule has 7 fully saturated rings. The predicted molar refractivity (Wildman–Crippen MR) is 297 cm³/mol. The molecule has 77 heavy (non-hydrogen) atoms. The summed E-state index contributed by atoms with van der Waals surface area (Å²) in [7, 11) is -2.05. The number of carbonyl (C=O) groups excluding carboxylic acids is 4. The monoisotopic (exact) mass is 1110 g/mol. The van der Waals surface area contributed by atoms with E-state index in [4.69, 9.17) is 0 Å². The molecule has 0 unspecified atom stereocenters. The smallest absolute Gasteiger partial charge is 0.266 e. The third-order valence-electron chi connectivity index (χ3n) is 17.6. The first kappa shape index (κ1) is 47.4. The summed E-state index contributed by atoms with van der Waals surface area (Å²) in [5.74, 6) is -0.717. The van der Waals surface area contributed by atoms with E-state index >= 15 is 0 Å². The van der Waals surface area contributed by atoms with Gasteiger partial charge in [0.2, 0.25) is 0 Å².